The van der Waals surface area contributed by atoms with Crippen molar-refractivity contribution in [3.8, 4) is 0 Å². The molecule has 1 saturated carbocycles. The average molecular weight is 1320 g/mol. The second-order valence-corrected chi connectivity index (χ2v) is 25.4. The van der Waals surface area contributed by atoms with Crippen molar-refractivity contribution < 1.29 is 76.2 Å². The van der Waals surface area contributed by atoms with Crippen molar-refractivity contribution in [1.29, 1.82) is 0 Å². The fraction of sp³-hybridized carbons (Fsp3) is 0.723. The van der Waals surface area contributed by atoms with Crippen LogP contribution in [0.15, 0.2) is 30.3 Å². The summed E-state index contributed by atoms with van der Waals surface area (Å²) in [7, 11) is 1.64. The van der Waals surface area contributed by atoms with Gasteiger partial charge in [0.05, 0.1) is 18.2 Å². The monoisotopic (exact) mass is 1320 g/mol. The maximum atomic E-state index is 14.6. The maximum Gasteiger partial charge on any atom is 0.329 e. The quantitative estimate of drug-likeness (QED) is 0.0334. The largest absolute Gasteiger partial charge is 0.458 e. The van der Waals surface area contributed by atoms with Crippen LogP contribution in [0.25, 0.3) is 0 Å². The van der Waals surface area contributed by atoms with Gasteiger partial charge in [-0.3, -0.25) is 52.7 Å². The number of halogens is 2. The van der Waals surface area contributed by atoms with Crippen molar-refractivity contribution in [2.24, 2.45) is 35.3 Å². The van der Waals surface area contributed by atoms with Crippen LogP contribution in [0.2, 0.25) is 0 Å². The molecule has 0 unspecified atom stereocenters. The molecule has 14 N–H and O–H groups in total. The van der Waals surface area contributed by atoms with Gasteiger partial charge in [0.1, 0.15) is 60.5 Å². The lowest BCUT2D eigenvalue weighted by Gasteiger charge is -2.32. The summed E-state index contributed by atoms with van der Waals surface area (Å²) in [4.78, 5) is 168. The number of carbonyl (C=O) groups excluding carboxylic acids is 12. The molecule has 11 amide bonds. The number of esters is 1. The highest BCUT2D eigenvalue weighted by Gasteiger charge is 2.57. The first kappa shape index (κ1) is 79.9. The number of alkyl halides is 2. The third kappa shape index (κ3) is 25.1. The number of aliphatic hydroxyl groups excluding tert-OH is 1. The van der Waals surface area contributed by atoms with Crippen molar-refractivity contribution in [1.82, 2.24) is 58.5 Å². The van der Waals surface area contributed by atoms with E-state index in [0.29, 0.717) is 32.1 Å². The Labute approximate surface area is 546 Å². The first-order valence-electron chi connectivity index (χ1n) is 33.1. The number of aliphatic hydroxyl groups is 1. The molecule has 0 aromatic heterocycles. The Morgan fingerprint density at radius 1 is 0.645 bits per heavy atom. The van der Waals surface area contributed by atoms with Crippen LogP contribution in [-0.4, -0.2) is 168 Å². The van der Waals surface area contributed by atoms with E-state index in [4.69, 9.17) is 10.5 Å². The number of primary amides is 1. The van der Waals surface area contributed by atoms with Gasteiger partial charge in [0.2, 0.25) is 71.4 Å². The number of carbonyl (C=O) groups is 12. The summed E-state index contributed by atoms with van der Waals surface area (Å²) in [5.74, 6) is -13.4. The lowest BCUT2D eigenvalue weighted by Crippen LogP contribution is -2.63. The molecule has 0 radical (unpaired) electrons. The minimum Gasteiger partial charge on any atom is -0.458 e. The Morgan fingerprint density at radius 2 is 1.15 bits per heavy atom. The van der Waals surface area contributed by atoms with Crippen molar-refractivity contribution in [3.05, 3.63) is 35.9 Å². The Morgan fingerprint density at radius 3 is 1.67 bits per heavy atom. The fourth-order valence-corrected chi connectivity index (χ4v) is 11.0. The second kappa shape index (κ2) is 39.4. The summed E-state index contributed by atoms with van der Waals surface area (Å²) < 4.78 is 32.9. The molecule has 26 nitrogen and oxygen atoms in total. The predicted octanol–water partition coefficient (Wildman–Crippen LogP) is 1.87. The Kier molecular flexibility index (Phi) is 33.8. The van der Waals surface area contributed by atoms with Crippen molar-refractivity contribution in [3.63, 3.8) is 0 Å². The van der Waals surface area contributed by atoms with Crippen LogP contribution >= 0.6 is 0 Å². The first-order valence-corrected chi connectivity index (χ1v) is 33.1. The molecule has 3 rings (SSSR count). The van der Waals surface area contributed by atoms with E-state index in [-0.39, 0.29) is 38.0 Å². The van der Waals surface area contributed by atoms with Crippen LogP contribution in [0.4, 0.5) is 8.78 Å². The normalized spacial score (nSPS) is 22.9. The number of unbranched alkanes of at least 4 members (excludes halogenated alkanes) is 4. The molecule has 2 aliphatic rings. The van der Waals surface area contributed by atoms with Gasteiger partial charge in [0, 0.05) is 19.3 Å². The fourth-order valence-electron chi connectivity index (χ4n) is 11.0. The van der Waals surface area contributed by atoms with Crippen LogP contribution < -0.4 is 64.2 Å². The molecule has 1 aromatic carbocycles. The number of rotatable bonds is 37. The number of ether oxygens (including phenoxy) is 1. The van der Waals surface area contributed by atoms with E-state index in [9.17, 15) is 71.4 Å². The zero-order valence-corrected chi connectivity index (χ0v) is 56.3. The molecule has 1 heterocycles. The smallest absolute Gasteiger partial charge is 0.329 e. The molecule has 1 aromatic rings. The summed E-state index contributed by atoms with van der Waals surface area (Å²) >= 11 is 0. The molecule has 1 aliphatic heterocycles. The van der Waals surface area contributed by atoms with Gasteiger partial charge in [-0.1, -0.05) is 150 Å². The highest BCUT2D eigenvalue weighted by molar-refractivity contribution is 5.99. The molecule has 1 aliphatic carbocycles. The van der Waals surface area contributed by atoms with E-state index in [2.05, 4.69) is 58.5 Å². The molecule has 93 heavy (non-hydrogen) atoms. The molecule has 17 atom stereocenters. The molecular formula is C65H106F2N12O14. The van der Waals surface area contributed by atoms with Gasteiger partial charge >= 0.3 is 5.97 Å². The van der Waals surface area contributed by atoms with E-state index in [0.717, 1.165) is 24.8 Å². The number of likely N-dealkylation sites (N-methyl/N-ethyl adjacent to an activating group) is 1. The van der Waals surface area contributed by atoms with E-state index >= 15 is 0 Å². The minimum absolute atomic E-state index is 0.0157. The van der Waals surface area contributed by atoms with E-state index in [1.165, 1.54) is 13.8 Å². The van der Waals surface area contributed by atoms with E-state index in [1.54, 1.807) is 55.5 Å². The molecule has 1 saturated heterocycles. The highest BCUT2D eigenvalue weighted by atomic mass is 19.3. The summed E-state index contributed by atoms with van der Waals surface area (Å²) in [6, 6.07) is -4.45. The molecule has 1 spiro atoms. The summed E-state index contributed by atoms with van der Waals surface area (Å²) in [5.41, 5.74) is 5.04. The predicted molar refractivity (Wildman–Crippen MR) is 343 cm³/mol. The number of hydrogen-bond acceptors (Lipinski definition) is 15. The molecular weight excluding hydrogens is 1210 g/mol. The third-order valence-corrected chi connectivity index (χ3v) is 18.1. The lowest BCUT2D eigenvalue weighted by molar-refractivity contribution is -0.157. The number of amides is 11. The van der Waals surface area contributed by atoms with Gasteiger partial charge in [0.25, 0.3) is 0 Å². The number of nitrogens with one attached hydrogen (secondary N) is 11. The molecule has 2 fully saturated rings. The van der Waals surface area contributed by atoms with Crippen LogP contribution in [0.5, 0.6) is 0 Å². The van der Waals surface area contributed by atoms with Gasteiger partial charge in [-0.25, -0.2) is 13.6 Å². The Bertz CT molecular complexity index is 2680. The van der Waals surface area contributed by atoms with Crippen molar-refractivity contribution in [2.75, 3.05) is 13.7 Å². The van der Waals surface area contributed by atoms with Crippen LogP contribution in [0.3, 0.4) is 0 Å². The highest BCUT2D eigenvalue weighted by Crippen LogP contribution is 2.49. The van der Waals surface area contributed by atoms with E-state index in [1.807, 2.05) is 44.2 Å². The summed E-state index contributed by atoms with van der Waals surface area (Å²) in [6.45, 7) is 17.2. The molecule has 524 valence electrons. The third-order valence-electron chi connectivity index (χ3n) is 18.1. The average Bonchev–Trinajstić information content (AvgIpc) is 1.60. The second-order valence-electron chi connectivity index (χ2n) is 25.4. The van der Waals surface area contributed by atoms with Crippen LogP contribution in [0, 0.1) is 29.6 Å². The van der Waals surface area contributed by atoms with Crippen LogP contribution in [0.1, 0.15) is 178 Å². The standard InChI is InChI=1S/C65H106F2N12O14/c1-13-18-19-20-24-27-43(72-60(88)50(35(6)14-2)76-58(86)45(69-12)30-41-25-22-21-23-26-41)56(84)71-44(28-29-48(68)81)57(85)75-52(37(8)16-4)62(90)77-51(36(7)15-3)61(89)73-46(34-80)59(87)78-54-40(11)93-64(92)53(38(9)17-5)74-49(82)33-65(32-42(65)31-47(66)67)79-55(83)39(10)70-63(54)91/h21-23,25-26,35-40,42-47,50-54,69,80H,13-20,24,27-34H2,1-12H3,(H2,68,81)(H,70,91)(H,71,84)(H,72,88)(H,73,89)(H,74,82)(H,75,85)(H,76,86)(H,77,90)(H,78,87)(H,79,83)/t35-,36-,37-,38-,39-,40-,42+,43-,44+,45+,46-,50-,51-,52+,53-,54+,65-/m0/s1. The SMILES string of the molecule is CCCCCCC[C@H](NC(=O)[C@@H](NC(=O)[C@@H](Cc1ccccc1)NC)[C@@H](C)CC)C(=O)N[C@H](CCC(N)=O)C(=O)N[C@@H](C(=O)N[C@H](C(=O)N[C@@H](CO)C(=O)N[C@H]1C(=O)N[C@@H](C)C(=O)N[C@]2(CC(=O)N[C@@H]([C@@H](C)CC)C(=O)O[C@H]1C)C[C@H]2CC(F)F)[C@@H](C)CC)[C@@H](C)CC. The molecule has 0 bridgehead atoms. The number of hydrogen-bond donors (Lipinski definition) is 13. The number of benzene rings is 1. The van der Waals surface area contributed by atoms with Gasteiger partial charge < -0.3 is 74.1 Å². The van der Waals surface area contributed by atoms with Crippen molar-refractivity contribution in [2.45, 2.75) is 257 Å². The van der Waals surface area contributed by atoms with Gasteiger partial charge in [0.15, 0.2) is 0 Å². The zero-order valence-electron chi connectivity index (χ0n) is 56.3. The van der Waals surface area contributed by atoms with Gasteiger partial charge in [-0.05, 0) is 81.7 Å². The number of cyclic esters (lactones) is 1. The van der Waals surface area contributed by atoms with Gasteiger partial charge in [-0.15, -0.1) is 0 Å². The lowest BCUT2D eigenvalue weighted by atomic mass is 9.94. The van der Waals surface area contributed by atoms with Crippen molar-refractivity contribution >= 4 is 70.9 Å². The zero-order chi connectivity index (χ0) is 69.9. The van der Waals surface area contributed by atoms with E-state index < -0.39 is 199 Å². The first-order chi connectivity index (χ1) is 43.9. The Hall–Kier alpha value is -7.36. The number of nitrogens with two attached hydrogens (primary N) is 1. The topological polar surface area (TPSA) is 393 Å². The summed E-state index contributed by atoms with van der Waals surface area (Å²) in [6.07, 6.45) is -0.311. The van der Waals surface area contributed by atoms with Crippen LogP contribution in [-0.2, 0) is 68.7 Å². The minimum atomic E-state index is -2.76. The maximum absolute atomic E-state index is 14.6. The van der Waals surface area contributed by atoms with Gasteiger partial charge in [-0.2, -0.15) is 0 Å². The summed E-state index contributed by atoms with van der Waals surface area (Å²) in [5, 5.41) is 39.9. The molecule has 28 heteroatoms. The Balaban J connectivity index is 1.92.